The van der Waals surface area contributed by atoms with E-state index in [0.717, 1.165) is 5.92 Å². The summed E-state index contributed by atoms with van der Waals surface area (Å²) >= 11 is 0. The lowest BCUT2D eigenvalue weighted by Crippen LogP contribution is -2.36. The largest absolute Gasteiger partial charge is 0.303 e. The van der Waals surface area contributed by atoms with Crippen molar-refractivity contribution in [1.29, 1.82) is 0 Å². The first-order chi connectivity index (χ1) is 7.63. The second kappa shape index (κ2) is 4.35. The van der Waals surface area contributed by atoms with Crippen LogP contribution in [0, 0.1) is 23.2 Å². The van der Waals surface area contributed by atoms with Crippen LogP contribution in [0.3, 0.4) is 0 Å². The van der Waals surface area contributed by atoms with Crippen LogP contribution < -0.4 is 0 Å². The minimum Gasteiger partial charge on any atom is -0.303 e. The van der Waals surface area contributed by atoms with Gasteiger partial charge < -0.3 is 4.79 Å². The van der Waals surface area contributed by atoms with Crippen LogP contribution in [0.4, 0.5) is 0 Å². The van der Waals surface area contributed by atoms with Gasteiger partial charge in [-0.25, -0.2) is 0 Å². The lowest BCUT2D eigenvalue weighted by atomic mass is 9.61. The standard InChI is InChI=1S/C15H24O/c1-4-12-6-5-9-15(3)13(11(2)10-16)7-8-14(12)15/h4,10-11,13-14H,5-9H2,1-3H3. The molecule has 90 valence electrons. The van der Waals surface area contributed by atoms with E-state index in [4.69, 9.17) is 0 Å². The molecule has 0 heterocycles. The second-order valence-corrected chi connectivity index (χ2v) is 5.95. The van der Waals surface area contributed by atoms with Crippen LogP contribution in [0.2, 0.25) is 0 Å². The smallest absolute Gasteiger partial charge is 0.123 e. The number of hydrogen-bond acceptors (Lipinski definition) is 1. The lowest BCUT2D eigenvalue weighted by molar-refractivity contribution is -0.113. The first kappa shape index (κ1) is 11.9. The highest BCUT2D eigenvalue weighted by Crippen LogP contribution is 2.59. The molecule has 0 aliphatic heterocycles. The molecule has 0 spiro atoms. The van der Waals surface area contributed by atoms with Crippen LogP contribution in [0.15, 0.2) is 11.6 Å². The summed E-state index contributed by atoms with van der Waals surface area (Å²) in [7, 11) is 0. The minimum atomic E-state index is 0.242. The van der Waals surface area contributed by atoms with Gasteiger partial charge in [0.1, 0.15) is 6.29 Å². The zero-order valence-corrected chi connectivity index (χ0v) is 10.8. The number of carbonyl (C=O) groups is 1. The monoisotopic (exact) mass is 220 g/mol. The number of aldehydes is 1. The lowest BCUT2D eigenvalue weighted by Gasteiger charge is -2.43. The third kappa shape index (κ3) is 1.65. The van der Waals surface area contributed by atoms with E-state index in [1.165, 1.54) is 38.4 Å². The van der Waals surface area contributed by atoms with Crippen LogP contribution in [0.5, 0.6) is 0 Å². The van der Waals surface area contributed by atoms with E-state index in [1.807, 2.05) is 0 Å². The van der Waals surface area contributed by atoms with Gasteiger partial charge in [0.05, 0.1) is 0 Å². The maximum atomic E-state index is 11.0. The number of fused-ring (bicyclic) bond motifs is 1. The Kier molecular flexibility index (Phi) is 3.23. The summed E-state index contributed by atoms with van der Waals surface area (Å²) in [5, 5.41) is 0. The van der Waals surface area contributed by atoms with Crippen molar-refractivity contribution in [2.45, 2.75) is 52.9 Å². The molecule has 0 aromatic rings. The zero-order chi connectivity index (χ0) is 11.8. The number of rotatable bonds is 2. The molecule has 4 atom stereocenters. The van der Waals surface area contributed by atoms with E-state index in [-0.39, 0.29) is 5.92 Å². The quantitative estimate of drug-likeness (QED) is 0.508. The van der Waals surface area contributed by atoms with Gasteiger partial charge in [0.2, 0.25) is 0 Å². The van der Waals surface area contributed by atoms with Crippen LogP contribution >= 0.6 is 0 Å². The summed E-state index contributed by atoms with van der Waals surface area (Å²) in [6.07, 6.45) is 9.97. The third-order valence-electron chi connectivity index (χ3n) is 5.26. The van der Waals surface area contributed by atoms with Crippen molar-refractivity contribution in [2.24, 2.45) is 23.2 Å². The van der Waals surface area contributed by atoms with Gasteiger partial charge in [0.15, 0.2) is 0 Å². The fraction of sp³-hybridized carbons (Fsp3) is 0.800. The topological polar surface area (TPSA) is 17.1 Å². The van der Waals surface area contributed by atoms with Crippen molar-refractivity contribution in [3.05, 3.63) is 11.6 Å². The average Bonchev–Trinajstić information content (AvgIpc) is 2.64. The molecule has 2 fully saturated rings. The predicted octanol–water partition coefficient (Wildman–Crippen LogP) is 3.98. The normalized spacial score (nSPS) is 43.1. The van der Waals surface area contributed by atoms with E-state index in [1.54, 1.807) is 5.57 Å². The Hall–Kier alpha value is -0.590. The van der Waals surface area contributed by atoms with Crippen molar-refractivity contribution in [2.75, 3.05) is 0 Å². The van der Waals surface area contributed by atoms with Crippen molar-refractivity contribution in [3.63, 3.8) is 0 Å². The molecule has 2 aliphatic rings. The molecule has 0 bridgehead atoms. The molecule has 2 rings (SSSR count). The minimum absolute atomic E-state index is 0.242. The fourth-order valence-corrected chi connectivity index (χ4v) is 4.38. The first-order valence-electron chi connectivity index (χ1n) is 6.74. The van der Waals surface area contributed by atoms with Crippen LogP contribution in [0.1, 0.15) is 52.9 Å². The molecular weight excluding hydrogens is 196 g/mol. The fourth-order valence-electron chi connectivity index (χ4n) is 4.38. The van der Waals surface area contributed by atoms with Crippen molar-refractivity contribution < 1.29 is 4.79 Å². The van der Waals surface area contributed by atoms with Gasteiger partial charge in [0.25, 0.3) is 0 Å². The molecule has 1 nitrogen and oxygen atoms in total. The van der Waals surface area contributed by atoms with Crippen LogP contribution in [-0.4, -0.2) is 6.29 Å². The Morgan fingerprint density at radius 1 is 1.44 bits per heavy atom. The molecule has 0 amide bonds. The van der Waals surface area contributed by atoms with Gasteiger partial charge in [-0.1, -0.05) is 25.5 Å². The summed E-state index contributed by atoms with van der Waals surface area (Å²) < 4.78 is 0. The van der Waals surface area contributed by atoms with E-state index in [9.17, 15) is 4.79 Å². The van der Waals surface area contributed by atoms with Crippen molar-refractivity contribution >= 4 is 6.29 Å². The van der Waals surface area contributed by atoms with Gasteiger partial charge in [-0.2, -0.15) is 0 Å². The molecule has 4 unspecified atom stereocenters. The Morgan fingerprint density at radius 2 is 2.19 bits per heavy atom. The van der Waals surface area contributed by atoms with Gasteiger partial charge in [-0.05, 0) is 56.3 Å². The van der Waals surface area contributed by atoms with Gasteiger partial charge in [0, 0.05) is 5.92 Å². The SMILES string of the molecule is CC=C1CCCC2(C)C1CCC2C(C)C=O. The molecule has 0 aromatic heterocycles. The highest BCUT2D eigenvalue weighted by molar-refractivity contribution is 5.54. The summed E-state index contributed by atoms with van der Waals surface area (Å²) in [4.78, 5) is 11.0. The molecule has 0 aromatic carbocycles. The molecular formula is C15H24O. The average molecular weight is 220 g/mol. The molecule has 0 saturated heterocycles. The highest BCUT2D eigenvalue weighted by Gasteiger charge is 2.50. The van der Waals surface area contributed by atoms with Gasteiger partial charge >= 0.3 is 0 Å². The summed E-state index contributed by atoms with van der Waals surface area (Å²) in [6, 6.07) is 0. The molecule has 16 heavy (non-hydrogen) atoms. The Bertz CT molecular complexity index is 305. The summed E-state index contributed by atoms with van der Waals surface area (Å²) in [5.74, 6) is 1.62. The first-order valence-corrected chi connectivity index (χ1v) is 6.74. The maximum absolute atomic E-state index is 11.0. The Labute approximate surface area is 99.3 Å². The van der Waals surface area contributed by atoms with Gasteiger partial charge in [-0.15, -0.1) is 0 Å². The van der Waals surface area contributed by atoms with E-state index in [2.05, 4.69) is 26.8 Å². The number of carbonyl (C=O) groups excluding carboxylic acids is 1. The molecule has 2 aliphatic carbocycles. The van der Waals surface area contributed by atoms with Crippen LogP contribution in [0.25, 0.3) is 0 Å². The van der Waals surface area contributed by atoms with Crippen molar-refractivity contribution in [3.8, 4) is 0 Å². The summed E-state index contributed by atoms with van der Waals surface area (Å²) in [6.45, 7) is 6.71. The summed E-state index contributed by atoms with van der Waals surface area (Å²) in [5.41, 5.74) is 2.06. The van der Waals surface area contributed by atoms with E-state index < -0.39 is 0 Å². The maximum Gasteiger partial charge on any atom is 0.123 e. The Morgan fingerprint density at radius 3 is 2.81 bits per heavy atom. The molecule has 0 N–H and O–H groups in total. The molecule has 0 radical (unpaired) electrons. The third-order valence-corrected chi connectivity index (χ3v) is 5.26. The number of allylic oxidation sites excluding steroid dienone is 2. The van der Waals surface area contributed by atoms with Crippen molar-refractivity contribution in [1.82, 2.24) is 0 Å². The van der Waals surface area contributed by atoms with E-state index >= 15 is 0 Å². The predicted molar refractivity (Wildman–Crippen MR) is 67.2 cm³/mol. The van der Waals surface area contributed by atoms with Crippen LogP contribution in [-0.2, 0) is 4.79 Å². The highest BCUT2D eigenvalue weighted by atomic mass is 16.1. The van der Waals surface area contributed by atoms with Gasteiger partial charge in [-0.3, -0.25) is 0 Å². The number of hydrogen-bond donors (Lipinski definition) is 0. The Balaban J connectivity index is 2.27. The van der Waals surface area contributed by atoms with E-state index in [0.29, 0.717) is 11.3 Å². The zero-order valence-electron chi connectivity index (χ0n) is 10.8. The second-order valence-electron chi connectivity index (χ2n) is 5.95. The molecule has 2 saturated carbocycles. The molecule has 1 heteroatoms.